The van der Waals surface area contributed by atoms with Gasteiger partial charge in [0.15, 0.2) is 0 Å². The van der Waals surface area contributed by atoms with Gasteiger partial charge >= 0.3 is 7.60 Å². The molecule has 0 bridgehead atoms. The van der Waals surface area contributed by atoms with Crippen LogP contribution in [0, 0.1) is 0 Å². The maximum atomic E-state index is 12.4. The summed E-state index contributed by atoms with van der Waals surface area (Å²) in [5.41, 5.74) is 0. The Labute approximate surface area is 101 Å². The van der Waals surface area contributed by atoms with Crippen molar-refractivity contribution in [2.45, 2.75) is 26.6 Å². The van der Waals surface area contributed by atoms with Crippen LogP contribution >= 0.6 is 7.60 Å². The van der Waals surface area contributed by atoms with E-state index >= 15 is 0 Å². The van der Waals surface area contributed by atoms with Gasteiger partial charge in [0.2, 0.25) is 11.8 Å². The summed E-state index contributed by atoms with van der Waals surface area (Å²) in [6, 6.07) is 0. The predicted molar refractivity (Wildman–Crippen MR) is 62.3 cm³/mol. The van der Waals surface area contributed by atoms with Crippen molar-refractivity contribution in [2.24, 2.45) is 0 Å². The zero-order valence-corrected chi connectivity index (χ0v) is 11.2. The van der Waals surface area contributed by atoms with E-state index in [1.165, 1.54) is 6.92 Å². The number of hydrogen-bond acceptors (Lipinski definition) is 5. The molecule has 0 saturated heterocycles. The van der Waals surface area contributed by atoms with Gasteiger partial charge in [0, 0.05) is 6.92 Å². The molecule has 7 heteroatoms. The summed E-state index contributed by atoms with van der Waals surface area (Å²) in [5, 5.41) is 1.13. The van der Waals surface area contributed by atoms with Crippen LogP contribution in [0.25, 0.3) is 0 Å². The molecule has 6 nitrogen and oxygen atoms in total. The molecule has 0 N–H and O–H groups in total. The lowest BCUT2D eigenvalue weighted by atomic mass is 10.4. The molecule has 1 rings (SSSR count). The van der Waals surface area contributed by atoms with Crippen molar-refractivity contribution in [1.29, 1.82) is 0 Å². The van der Waals surface area contributed by atoms with Gasteiger partial charge in [0.1, 0.15) is 0 Å². The van der Waals surface area contributed by atoms with E-state index in [0.29, 0.717) is 6.54 Å². The highest BCUT2D eigenvalue weighted by Gasteiger charge is 2.38. The van der Waals surface area contributed by atoms with Crippen molar-refractivity contribution in [1.82, 2.24) is 5.06 Å². The van der Waals surface area contributed by atoms with Gasteiger partial charge in [-0.15, -0.1) is 0 Å². The predicted octanol–water partition coefficient (Wildman–Crippen LogP) is 1.93. The standard InChI is InChI=1S/C10H18NO5P/c1-4-14-17(13,15-5-2)10-7-6-8-11(16-10)9(3)12/h6-7,10H,4-5,8H2,1-3H3. The Bertz CT molecular complexity index is 334. The highest BCUT2D eigenvalue weighted by molar-refractivity contribution is 7.54. The Morgan fingerprint density at radius 3 is 2.53 bits per heavy atom. The van der Waals surface area contributed by atoms with Crippen LogP contribution < -0.4 is 0 Å². The van der Waals surface area contributed by atoms with Crippen LogP contribution in [0.5, 0.6) is 0 Å². The van der Waals surface area contributed by atoms with Crippen molar-refractivity contribution in [3.05, 3.63) is 12.2 Å². The smallest absolute Gasteiger partial charge is 0.307 e. The van der Waals surface area contributed by atoms with E-state index < -0.39 is 13.4 Å². The SMILES string of the molecule is CCOP(=O)(OCC)C1C=CCN(C(C)=O)O1. The third kappa shape index (κ3) is 3.64. The van der Waals surface area contributed by atoms with Crippen LogP contribution in [0.2, 0.25) is 0 Å². The summed E-state index contributed by atoms with van der Waals surface area (Å²) in [7, 11) is -3.37. The maximum absolute atomic E-state index is 12.4. The second kappa shape index (κ2) is 6.31. The van der Waals surface area contributed by atoms with Crippen molar-refractivity contribution in [3.63, 3.8) is 0 Å². The van der Waals surface area contributed by atoms with Crippen LogP contribution in [-0.4, -0.2) is 36.6 Å². The lowest BCUT2D eigenvalue weighted by molar-refractivity contribution is -0.187. The molecular weight excluding hydrogens is 245 g/mol. The summed E-state index contributed by atoms with van der Waals surface area (Å²) < 4.78 is 22.7. The topological polar surface area (TPSA) is 65.1 Å². The van der Waals surface area contributed by atoms with Crippen molar-refractivity contribution >= 4 is 13.5 Å². The normalized spacial score (nSPS) is 20.6. The van der Waals surface area contributed by atoms with E-state index in [-0.39, 0.29) is 19.1 Å². The van der Waals surface area contributed by atoms with E-state index in [4.69, 9.17) is 13.9 Å². The third-order valence-corrected chi connectivity index (χ3v) is 4.21. The molecule has 1 unspecified atom stereocenters. The van der Waals surface area contributed by atoms with Crippen molar-refractivity contribution < 1.29 is 23.2 Å². The van der Waals surface area contributed by atoms with Crippen LogP contribution in [-0.2, 0) is 23.2 Å². The molecule has 1 aliphatic heterocycles. The molecule has 0 aromatic carbocycles. The van der Waals surface area contributed by atoms with Crippen molar-refractivity contribution in [2.75, 3.05) is 19.8 Å². The molecule has 1 amide bonds. The zero-order valence-electron chi connectivity index (χ0n) is 10.3. The average molecular weight is 263 g/mol. The molecule has 17 heavy (non-hydrogen) atoms. The zero-order chi connectivity index (χ0) is 12.9. The molecule has 0 aromatic heterocycles. The minimum absolute atomic E-state index is 0.251. The van der Waals surface area contributed by atoms with Crippen LogP contribution in [0.1, 0.15) is 20.8 Å². The second-order valence-electron chi connectivity index (χ2n) is 3.38. The summed E-state index contributed by atoms with van der Waals surface area (Å²) in [6.45, 7) is 5.67. The van der Waals surface area contributed by atoms with Gasteiger partial charge in [-0.3, -0.25) is 14.2 Å². The maximum Gasteiger partial charge on any atom is 0.365 e. The van der Waals surface area contributed by atoms with Gasteiger partial charge in [-0.25, -0.2) is 5.06 Å². The Morgan fingerprint density at radius 2 is 2.06 bits per heavy atom. The number of hydroxylamine groups is 2. The third-order valence-electron chi connectivity index (χ3n) is 2.09. The summed E-state index contributed by atoms with van der Waals surface area (Å²) >= 11 is 0. The number of carbonyl (C=O) groups is 1. The van der Waals surface area contributed by atoms with Crippen LogP contribution in [0.3, 0.4) is 0 Å². The monoisotopic (exact) mass is 263 g/mol. The Kier molecular flexibility index (Phi) is 5.33. The molecule has 1 heterocycles. The highest BCUT2D eigenvalue weighted by Crippen LogP contribution is 2.54. The van der Waals surface area contributed by atoms with E-state index in [9.17, 15) is 9.36 Å². The lowest BCUT2D eigenvalue weighted by Gasteiger charge is -2.31. The summed E-state index contributed by atoms with van der Waals surface area (Å²) in [5.74, 6) is -1.11. The second-order valence-corrected chi connectivity index (χ2v) is 5.48. The molecule has 98 valence electrons. The Balaban J connectivity index is 2.81. The Morgan fingerprint density at radius 1 is 1.47 bits per heavy atom. The molecular formula is C10H18NO5P. The van der Waals surface area contributed by atoms with E-state index in [1.54, 1.807) is 26.0 Å². The van der Waals surface area contributed by atoms with Crippen LogP contribution in [0.15, 0.2) is 12.2 Å². The number of hydrogen-bond donors (Lipinski definition) is 0. The first-order valence-corrected chi connectivity index (χ1v) is 7.15. The van der Waals surface area contributed by atoms with Gasteiger partial charge in [-0.05, 0) is 19.9 Å². The number of rotatable bonds is 5. The summed E-state index contributed by atoms with van der Waals surface area (Å²) in [6.07, 6.45) is 3.31. The first kappa shape index (κ1) is 14.4. The Hall–Kier alpha value is -0.680. The molecule has 0 spiro atoms. The number of amides is 1. The highest BCUT2D eigenvalue weighted by atomic mass is 31.2. The summed E-state index contributed by atoms with van der Waals surface area (Å²) in [4.78, 5) is 16.5. The lowest BCUT2D eigenvalue weighted by Crippen LogP contribution is -2.36. The molecule has 1 atom stereocenters. The number of nitrogens with zero attached hydrogens (tertiary/aromatic N) is 1. The van der Waals surface area contributed by atoms with Gasteiger partial charge in [0.25, 0.3) is 0 Å². The quantitative estimate of drug-likeness (QED) is 0.560. The van der Waals surface area contributed by atoms with E-state index in [1.807, 2.05) is 0 Å². The largest absolute Gasteiger partial charge is 0.365 e. The molecule has 0 saturated carbocycles. The fourth-order valence-electron chi connectivity index (χ4n) is 1.39. The molecule has 0 aliphatic carbocycles. The molecule has 0 aromatic rings. The minimum atomic E-state index is -3.37. The number of carbonyl (C=O) groups excluding carboxylic acids is 1. The average Bonchev–Trinajstić information content (AvgIpc) is 2.30. The van der Waals surface area contributed by atoms with Gasteiger partial charge in [-0.1, -0.05) is 6.08 Å². The van der Waals surface area contributed by atoms with Crippen molar-refractivity contribution in [3.8, 4) is 0 Å². The fourth-order valence-corrected chi connectivity index (χ4v) is 3.04. The molecule has 0 fully saturated rings. The molecule has 0 radical (unpaired) electrons. The van der Waals surface area contributed by atoms with Gasteiger partial charge in [0.05, 0.1) is 19.8 Å². The van der Waals surface area contributed by atoms with Gasteiger partial charge in [-0.2, -0.15) is 0 Å². The first-order valence-electron chi connectivity index (χ1n) is 5.53. The van der Waals surface area contributed by atoms with Gasteiger partial charge < -0.3 is 9.05 Å². The van der Waals surface area contributed by atoms with E-state index in [2.05, 4.69) is 0 Å². The van der Waals surface area contributed by atoms with E-state index in [0.717, 1.165) is 5.06 Å². The fraction of sp³-hybridized carbons (Fsp3) is 0.700. The molecule has 1 aliphatic rings. The first-order chi connectivity index (χ1) is 8.03. The van der Waals surface area contributed by atoms with Crippen LogP contribution in [0.4, 0.5) is 0 Å². The minimum Gasteiger partial charge on any atom is -0.307 e.